The molecule has 26 heavy (non-hydrogen) atoms. The van der Waals surface area contributed by atoms with Crippen molar-refractivity contribution < 1.29 is 5.11 Å². The number of nitrogens with one attached hydrogen (secondary N) is 2. The number of thiazole rings is 1. The average Bonchev–Trinajstić information content (AvgIpc) is 3.02. The highest BCUT2D eigenvalue weighted by Crippen LogP contribution is 2.35. The number of aromatic nitrogens is 1. The van der Waals surface area contributed by atoms with Gasteiger partial charge in [0.15, 0.2) is 5.96 Å². The third kappa shape index (κ3) is 6.64. The summed E-state index contributed by atoms with van der Waals surface area (Å²) in [6, 6.07) is 0. The lowest BCUT2D eigenvalue weighted by atomic mass is 9.73. The fourth-order valence-corrected chi connectivity index (χ4v) is 4.03. The predicted octanol–water partition coefficient (Wildman–Crippen LogP) is 4.05. The molecule has 0 saturated heterocycles. The van der Waals surface area contributed by atoms with Crippen molar-refractivity contribution in [2.75, 3.05) is 13.1 Å². The Morgan fingerprint density at radius 2 is 2.12 bits per heavy atom. The van der Waals surface area contributed by atoms with E-state index in [1.54, 1.807) is 11.3 Å². The van der Waals surface area contributed by atoms with Gasteiger partial charge in [-0.3, -0.25) is 0 Å². The van der Waals surface area contributed by atoms with Crippen LogP contribution in [0.1, 0.15) is 71.0 Å². The van der Waals surface area contributed by atoms with Crippen molar-refractivity contribution in [3.05, 3.63) is 16.1 Å². The molecular formula is C19H35IN4OS. The SMILES string of the molecule is CCNC(=NCc1nc(C(C)(C)C)cs1)NCC1(C)CCCCC1O.I. The Balaban J connectivity index is 0.00000338. The van der Waals surface area contributed by atoms with E-state index in [0.717, 1.165) is 49.0 Å². The minimum atomic E-state index is -0.232. The van der Waals surface area contributed by atoms with Gasteiger partial charge in [-0.05, 0) is 19.8 Å². The van der Waals surface area contributed by atoms with E-state index in [0.29, 0.717) is 6.54 Å². The molecule has 1 aromatic heterocycles. The first-order valence-electron chi connectivity index (χ1n) is 9.40. The number of hydrogen-bond acceptors (Lipinski definition) is 4. The number of aliphatic hydroxyl groups excluding tert-OH is 1. The van der Waals surface area contributed by atoms with Gasteiger partial charge in [-0.25, -0.2) is 9.98 Å². The summed E-state index contributed by atoms with van der Waals surface area (Å²) >= 11 is 1.67. The van der Waals surface area contributed by atoms with E-state index in [1.165, 1.54) is 6.42 Å². The highest BCUT2D eigenvalue weighted by molar-refractivity contribution is 14.0. The van der Waals surface area contributed by atoms with Crippen LogP contribution in [-0.4, -0.2) is 35.2 Å². The minimum Gasteiger partial charge on any atom is -0.392 e. The van der Waals surface area contributed by atoms with Crippen LogP contribution in [0.2, 0.25) is 0 Å². The van der Waals surface area contributed by atoms with Crippen LogP contribution >= 0.6 is 35.3 Å². The molecule has 0 aromatic carbocycles. The van der Waals surface area contributed by atoms with Gasteiger partial charge < -0.3 is 15.7 Å². The monoisotopic (exact) mass is 494 g/mol. The molecule has 3 N–H and O–H groups in total. The molecule has 2 unspecified atom stereocenters. The Morgan fingerprint density at radius 3 is 2.69 bits per heavy atom. The zero-order chi connectivity index (χ0) is 18.5. The molecule has 1 aliphatic carbocycles. The van der Waals surface area contributed by atoms with Gasteiger partial charge in [-0.15, -0.1) is 35.3 Å². The maximum atomic E-state index is 10.3. The lowest BCUT2D eigenvalue weighted by Crippen LogP contribution is -2.48. The molecule has 0 radical (unpaired) electrons. The zero-order valence-corrected chi connectivity index (χ0v) is 19.9. The average molecular weight is 494 g/mol. The lowest BCUT2D eigenvalue weighted by molar-refractivity contribution is 0.00397. The lowest BCUT2D eigenvalue weighted by Gasteiger charge is -2.38. The second-order valence-electron chi connectivity index (χ2n) is 8.34. The smallest absolute Gasteiger partial charge is 0.191 e. The van der Waals surface area contributed by atoms with Crippen molar-refractivity contribution in [2.24, 2.45) is 10.4 Å². The van der Waals surface area contributed by atoms with Crippen molar-refractivity contribution in [1.82, 2.24) is 15.6 Å². The Morgan fingerprint density at radius 1 is 1.38 bits per heavy atom. The molecule has 1 aromatic rings. The molecule has 0 bridgehead atoms. The maximum Gasteiger partial charge on any atom is 0.191 e. The van der Waals surface area contributed by atoms with Crippen molar-refractivity contribution in [2.45, 2.75) is 78.4 Å². The van der Waals surface area contributed by atoms with Crippen LogP contribution in [0.5, 0.6) is 0 Å². The molecule has 0 aliphatic heterocycles. The van der Waals surface area contributed by atoms with Crippen molar-refractivity contribution in [1.29, 1.82) is 0 Å². The topological polar surface area (TPSA) is 69.5 Å². The molecule has 1 heterocycles. The molecule has 0 amide bonds. The van der Waals surface area contributed by atoms with Gasteiger partial charge in [0.25, 0.3) is 0 Å². The summed E-state index contributed by atoms with van der Waals surface area (Å²) in [5.74, 6) is 0.800. The third-order valence-electron chi connectivity index (χ3n) is 4.98. The highest BCUT2D eigenvalue weighted by atomic mass is 127. The molecule has 150 valence electrons. The minimum absolute atomic E-state index is 0. The molecule has 5 nitrogen and oxygen atoms in total. The summed E-state index contributed by atoms with van der Waals surface area (Å²) < 4.78 is 0. The summed E-state index contributed by atoms with van der Waals surface area (Å²) in [6.45, 7) is 12.9. The molecular weight excluding hydrogens is 459 g/mol. The molecule has 1 aliphatic rings. The number of aliphatic imine (C=N–C) groups is 1. The second kappa shape index (κ2) is 10.2. The quantitative estimate of drug-likeness (QED) is 0.328. The zero-order valence-electron chi connectivity index (χ0n) is 16.8. The van der Waals surface area contributed by atoms with E-state index < -0.39 is 0 Å². The van der Waals surface area contributed by atoms with E-state index in [2.05, 4.69) is 55.6 Å². The van der Waals surface area contributed by atoms with Crippen molar-refractivity contribution >= 4 is 41.3 Å². The summed E-state index contributed by atoms with van der Waals surface area (Å²) in [4.78, 5) is 9.39. The van der Waals surface area contributed by atoms with Gasteiger partial charge in [0, 0.05) is 29.3 Å². The van der Waals surface area contributed by atoms with Crippen molar-refractivity contribution in [3.63, 3.8) is 0 Å². The number of halogens is 1. The van der Waals surface area contributed by atoms with E-state index in [9.17, 15) is 5.11 Å². The Hall–Kier alpha value is -0.410. The number of rotatable bonds is 5. The first-order chi connectivity index (χ1) is 11.7. The molecule has 2 rings (SSSR count). The van der Waals surface area contributed by atoms with Crippen LogP contribution in [0.3, 0.4) is 0 Å². The van der Waals surface area contributed by atoms with Gasteiger partial charge in [-0.2, -0.15) is 0 Å². The van der Waals surface area contributed by atoms with Crippen LogP contribution in [0.4, 0.5) is 0 Å². The summed E-state index contributed by atoms with van der Waals surface area (Å²) in [5, 5.41) is 20.2. The Kier molecular flexibility index (Phi) is 9.29. The van der Waals surface area contributed by atoms with E-state index in [1.807, 2.05) is 0 Å². The van der Waals surface area contributed by atoms with Gasteiger partial charge in [-0.1, -0.05) is 40.5 Å². The number of hydrogen-bond donors (Lipinski definition) is 3. The largest absolute Gasteiger partial charge is 0.392 e. The Bertz CT molecular complexity index is 584. The number of nitrogens with zero attached hydrogens (tertiary/aromatic N) is 2. The van der Waals surface area contributed by atoms with Gasteiger partial charge >= 0.3 is 0 Å². The normalized spacial score (nSPS) is 24.1. The number of aliphatic hydroxyl groups is 1. The van der Waals surface area contributed by atoms with Crippen LogP contribution in [0.15, 0.2) is 10.4 Å². The fourth-order valence-electron chi connectivity index (χ4n) is 3.09. The molecule has 2 atom stereocenters. The summed E-state index contributed by atoms with van der Waals surface area (Å²) in [5.41, 5.74) is 1.13. The molecule has 1 saturated carbocycles. The van der Waals surface area contributed by atoms with Crippen LogP contribution in [0, 0.1) is 5.41 Å². The van der Waals surface area contributed by atoms with Crippen LogP contribution in [-0.2, 0) is 12.0 Å². The van der Waals surface area contributed by atoms with Crippen LogP contribution < -0.4 is 10.6 Å². The fraction of sp³-hybridized carbons (Fsp3) is 0.789. The third-order valence-corrected chi connectivity index (χ3v) is 5.81. The van der Waals surface area contributed by atoms with E-state index in [-0.39, 0.29) is 40.9 Å². The highest BCUT2D eigenvalue weighted by Gasteiger charge is 2.35. The number of guanidine groups is 1. The standard InChI is InChI=1S/C19H34N4OS.HI/c1-6-20-17(22-13-19(5)10-8-7-9-15(19)24)21-11-16-23-14(12-25-16)18(2,3)4;/h12,15,24H,6-11,13H2,1-5H3,(H2,20,21,22);1H. The predicted molar refractivity (Wildman–Crippen MR) is 122 cm³/mol. The van der Waals surface area contributed by atoms with Crippen LogP contribution in [0.25, 0.3) is 0 Å². The molecule has 7 heteroatoms. The van der Waals surface area contributed by atoms with Gasteiger partial charge in [0.1, 0.15) is 5.01 Å². The Labute approximate surface area is 179 Å². The van der Waals surface area contributed by atoms with Gasteiger partial charge in [0.2, 0.25) is 0 Å². The first-order valence-corrected chi connectivity index (χ1v) is 10.3. The van der Waals surface area contributed by atoms with Crippen molar-refractivity contribution in [3.8, 4) is 0 Å². The molecule has 1 fully saturated rings. The second-order valence-corrected chi connectivity index (χ2v) is 9.28. The van der Waals surface area contributed by atoms with E-state index >= 15 is 0 Å². The first kappa shape index (κ1) is 23.6. The maximum absolute atomic E-state index is 10.3. The summed E-state index contributed by atoms with van der Waals surface area (Å²) in [7, 11) is 0. The molecule has 0 spiro atoms. The van der Waals surface area contributed by atoms with E-state index in [4.69, 9.17) is 4.98 Å². The summed E-state index contributed by atoms with van der Waals surface area (Å²) in [6.07, 6.45) is 4.05. The van der Waals surface area contributed by atoms with Gasteiger partial charge in [0.05, 0.1) is 18.3 Å².